The molecular weight excluding hydrogens is 380 g/mol. The Bertz CT molecular complexity index is 1130. The largest absolute Gasteiger partial charge is 0.494 e. The number of hydrogen-bond acceptors (Lipinski definition) is 6. The second-order valence-corrected chi connectivity index (χ2v) is 6.98. The third-order valence-electron chi connectivity index (χ3n) is 5.00. The molecule has 1 aliphatic rings. The van der Waals surface area contributed by atoms with Gasteiger partial charge in [0.25, 0.3) is 0 Å². The van der Waals surface area contributed by atoms with Gasteiger partial charge >= 0.3 is 0 Å². The van der Waals surface area contributed by atoms with Gasteiger partial charge in [-0.1, -0.05) is 18.2 Å². The summed E-state index contributed by atoms with van der Waals surface area (Å²) < 4.78 is 5.49. The summed E-state index contributed by atoms with van der Waals surface area (Å²) in [7, 11) is 0. The Morgan fingerprint density at radius 3 is 2.57 bits per heavy atom. The lowest BCUT2D eigenvalue weighted by molar-refractivity contribution is -0.116. The molecule has 1 aromatic heterocycles. The zero-order chi connectivity index (χ0) is 21.3. The molecule has 1 aliphatic heterocycles. The van der Waals surface area contributed by atoms with Gasteiger partial charge in [0.1, 0.15) is 11.6 Å². The maximum atomic E-state index is 12.9. The van der Waals surface area contributed by atoms with E-state index in [2.05, 4.69) is 4.98 Å². The number of nitrogens with one attached hydrogen (secondary N) is 1. The summed E-state index contributed by atoms with van der Waals surface area (Å²) in [4.78, 5) is 23.7. The van der Waals surface area contributed by atoms with Crippen LogP contribution >= 0.6 is 0 Å². The average molecular weight is 402 g/mol. The number of ether oxygens (including phenoxy) is 1. The van der Waals surface area contributed by atoms with Gasteiger partial charge in [0.05, 0.1) is 36.7 Å². The fraction of sp³-hybridized carbons (Fsp3) is 0.217. The Balaban J connectivity index is 1.88. The van der Waals surface area contributed by atoms with Crippen molar-refractivity contribution in [2.24, 2.45) is 0 Å². The third-order valence-corrected chi connectivity index (χ3v) is 5.00. The zero-order valence-corrected chi connectivity index (χ0v) is 16.8. The van der Waals surface area contributed by atoms with Gasteiger partial charge in [0.15, 0.2) is 5.82 Å². The van der Waals surface area contributed by atoms with Crippen LogP contribution in [0.4, 0.5) is 11.5 Å². The fourth-order valence-corrected chi connectivity index (χ4v) is 3.55. The van der Waals surface area contributed by atoms with Gasteiger partial charge < -0.3 is 15.3 Å². The Kier molecular flexibility index (Phi) is 5.29. The van der Waals surface area contributed by atoms with Crippen molar-refractivity contribution in [3.63, 3.8) is 0 Å². The number of rotatable bonds is 6. The van der Waals surface area contributed by atoms with Crippen LogP contribution in [0.15, 0.2) is 48.5 Å². The van der Waals surface area contributed by atoms with Crippen molar-refractivity contribution in [2.75, 3.05) is 18.1 Å². The van der Waals surface area contributed by atoms with Crippen LogP contribution < -0.4 is 9.64 Å². The Morgan fingerprint density at radius 2 is 1.90 bits per heavy atom. The van der Waals surface area contributed by atoms with Gasteiger partial charge in [-0.15, -0.1) is 0 Å². The number of nitrogens with zero attached hydrogens (tertiary/aromatic N) is 3. The van der Waals surface area contributed by atoms with E-state index in [1.807, 2.05) is 62.4 Å². The molecule has 0 saturated heterocycles. The molecule has 3 aromatic rings. The number of carbonyl (C=O) groups is 1. The lowest BCUT2D eigenvalue weighted by Crippen LogP contribution is -2.22. The second-order valence-electron chi connectivity index (χ2n) is 6.98. The van der Waals surface area contributed by atoms with Crippen molar-refractivity contribution >= 4 is 23.1 Å². The first-order chi connectivity index (χ1) is 14.5. The predicted octanol–water partition coefficient (Wildman–Crippen LogP) is 3.43. The second kappa shape index (κ2) is 8.04. The monoisotopic (exact) mass is 402 g/mol. The molecule has 0 atom stereocenters. The first-order valence-electron chi connectivity index (χ1n) is 9.74. The standard InChI is InChI=1S/C23H22N4O3/c1-3-30-16-10-8-15(9-11-16)22-25-21(18(24)13-28)17-12-20(29)27(23(17)26-22)19-7-5-4-6-14(19)2/h4-11,24,28H,3,12-13H2,1-2H3. The number of benzene rings is 2. The summed E-state index contributed by atoms with van der Waals surface area (Å²) >= 11 is 0. The Hall–Kier alpha value is -3.58. The molecule has 152 valence electrons. The normalized spacial score (nSPS) is 12.8. The predicted molar refractivity (Wildman–Crippen MR) is 115 cm³/mol. The van der Waals surface area contributed by atoms with Crippen LogP contribution in [-0.4, -0.2) is 39.9 Å². The van der Waals surface area contributed by atoms with Crippen LogP contribution in [0.25, 0.3) is 11.4 Å². The number of hydrogen-bond donors (Lipinski definition) is 2. The number of aryl methyl sites for hydroxylation is 1. The summed E-state index contributed by atoms with van der Waals surface area (Å²) in [5, 5.41) is 17.8. The maximum absolute atomic E-state index is 12.9. The van der Waals surface area contributed by atoms with Crippen molar-refractivity contribution < 1.29 is 14.6 Å². The number of para-hydroxylation sites is 1. The first kappa shape index (κ1) is 19.7. The van der Waals surface area contributed by atoms with Crippen LogP contribution in [0.2, 0.25) is 0 Å². The smallest absolute Gasteiger partial charge is 0.237 e. The number of aliphatic hydroxyl groups excluding tert-OH is 1. The van der Waals surface area contributed by atoms with Crippen LogP contribution in [-0.2, 0) is 11.2 Å². The summed E-state index contributed by atoms with van der Waals surface area (Å²) in [6.07, 6.45) is 0.0882. The molecule has 30 heavy (non-hydrogen) atoms. The number of anilines is 2. The molecule has 0 bridgehead atoms. The topological polar surface area (TPSA) is 99.4 Å². The molecular formula is C23H22N4O3. The number of fused-ring (bicyclic) bond motifs is 1. The fourth-order valence-electron chi connectivity index (χ4n) is 3.55. The molecule has 0 fully saturated rings. The molecule has 4 rings (SSSR count). The van der Waals surface area contributed by atoms with Gasteiger partial charge in [0.2, 0.25) is 5.91 Å². The van der Waals surface area contributed by atoms with E-state index in [-0.39, 0.29) is 18.0 Å². The van der Waals surface area contributed by atoms with Crippen molar-refractivity contribution in [2.45, 2.75) is 20.3 Å². The molecule has 7 heteroatoms. The van der Waals surface area contributed by atoms with Crippen LogP contribution in [0.3, 0.4) is 0 Å². The van der Waals surface area contributed by atoms with Crippen LogP contribution in [0.5, 0.6) is 5.75 Å². The quantitative estimate of drug-likeness (QED) is 0.616. The molecule has 0 radical (unpaired) electrons. The summed E-state index contributed by atoms with van der Waals surface area (Å²) in [6.45, 7) is 3.96. The molecule has 0 aliphatic carbocycles. The average Bonchev–Trinajstić information content (AvgIpc) is 3.09. The van der Waals surface area contributed by atoms with Crippen LogP contribution in [0.1, 0.15) is 23.7 Å². The summed E-state index contributed by atoms with van der Waals surface area (Å²) in [5.74, 6) is 1.45. The van der Waals surface area contributed by atoms with E-state index in [0.717, 1.165) is 22.6 Å². The molecule has 0 unspecified atom stereocenters. The molecule has 0 spiro atoms. The van der Waals surface area contributed by atoms with Crippen LogP contribution in [0, 0.1) is 12.3 Å². The van der Waals surface area contributed by atoms with Gasteiger partial charge in [-0.3, -0.25) is 9.69 Å². The zero-order valence-electron chi connectivity index (χ0n) is 16.8. The summed E-state index contributed by atoms with van der Waals surface area (Å²) in [5.41, 5.74) is 3.25. The van der Waals surface area contributed by atoms with E-state index in [9.17, 15) is 9.90 Å². The van der Waals surface area contributed by atoms with Crippen molar-refractivity contribution in [1.82, 2.24) is 9.97 Å². The highest BCUT2D eigenvalue weighted by Crippen LogP contribution is 2.38. The van der Waals surface area contributed by atoms with E-state index in [1.54, 1.807) is 4.90 Å². The van der Waals surface area contributed by atoms with E-state index in [1.165, 1.54) is 0 Å². The highest BCUT2D eigenvalue weighted by Gasteiger charge is 2.35. The minimum absolute atomic E-state index is 0.0414. The molecule has 0 saturated carbocycles. The molecule has 2 heterocycles. The number of aromatic nitrogens is 2. The highest BCUT2D eigenvalue weighted by molar-refractivity contribution is 6.11. The van der Waals surface area contributed by atoms with Gasteiger partial charge in [-0.05, 0) is 49.7 Å². The Morgan fingerprint density at radius 1 is 1.17 bits per heavy atom. The van der Waals surface area contributed by atoms with E-state index in [4.69, 9.17) is 15.1 Å². The van der Waals surface area contributed by atoms with E-state index in [0.29, 0.717) is 29.5 Å². The van der Waals surface area contributed by atoms with Crippen molar-refractivity contribution in [3.8, 4) is 17.1 Å². The highest BCUT2D eigenvalue weighted by atomic mass is 16.5. The Labute approximate surface area is 174 Å². The third kappa shape index (κ3) is 3.44. The minimum atomic E-state index is -0.468. The minimum Gasteiger partial charge on any atom is -0.494 e. The molecule has 7 nitrogen and oxygen atoms in total. The van der Waals surface area contributed by atoms with Crippen molar-refractivity contribution in [3.05, 3.63) is 65.4 Å². The number of aliphatic hydroxyl groups is 1. The van der Waals surface area contributed by atoms with Gasteiger partial charge in [-0.25, -0.2) is 9.97 Å². The van der Waals surface area contributed by atoms with Crippen molar-refractivity contribution in [1.29, 1.82) is 5.41 Å². The summed E-state index contributed by atoms with van der Waals surface area (Å²) in [6, 6.07) is 14.9. The molecule has 2 aromatic carbocycles. The maximum Gasteiger partial charge on any atom is 0.237 e. The first-order valence-corrected chi connectivity index (χ1v) is 9.74. The lowest BCUT2D eigenvalue weighted by atomic mass is 10.1. The number of amides is 1. The molecule has 2 N–H and O–H groups in total. The van der Waals surface area contributed by atoms with Gasteiger partial charge in [0, 0.05) is 11.1 Å². The van der Waals surface area contributed by atoms with E-state index < -0.39 is 6.61 Å². The number of carbonyl (C=O) groups excluding carboxylic acids is 1. The lowest BCUT2D eigenvalue weighted by Gasteiger charge is -2.20. The molecule has 1 amide bonds. The van der Waals surface area contributed by atoms with E-state index >= 15 is 0 Å². The SMILES string of the molecule is CCOc1ccc(-c2nc(C(=N)CO)c3c(n2)N(c2ccccc2C)C(=O)C3)cc1. The van der Waals surface area contributed by atoms with Gasteiger partial charge in [-0.2, -0.15) is 0 Å².